The quantitative estimate of drug-likeness (QED) is 0.612. The molecule has 0 radical (unpaired) electrons. The standard InChI is InChI=1S/C19H13Cl2F3N2O2/c1-25-15(19(22,23)24)9-16(27)26(18(25)28)10-12-7-13(20)8-14(21)17(12)11-5-3-2-4-6-11/h2-9H,10H2,1H3. The molecule has 0 aliphatic rings. The first-order chi connectivity index (χ1) is 13.1. The van der Waals surface area contributed by atoms with Crippen LogP contribution in [0, 0.1) is 0 Å². The Morgan fingerprint density at radius 3 is 2.25 bits per heavy atom. The summed E-state index contributed by atoms with van der Waals surface area (Å²) in [5.41, 5.74) is -1.77. The molecule has 0 saturated carbocycles. The fraction of sp³-hybridized carbons (Fsp3) is 0.158. The Hall–Kier alpha value is -2.51. The average Bonchev–Trinajstić information content (AvgIpc) is 2.61. The van der Waals surface area contributed by atoms with E-state index in [0.29, 0.717) is 31.4 Å². The molecule has 1 heterocycles. The first kappa shape index (κ1) is 20.2. The molecule has 0 bridgehead atoms. The third-order valence-corrected chi connectivity index (χ3v) is 4.74. The number of halogens is 5. The van der Waals surface area contributed by atoms with Gasteiger partial charge in [-0.15, -0.1) is 0 Å². The van der Waals surface area contributed by atoms with Crippen LogP contribution in [0.25, 0.3) is 11.1 Å². The van der Waals surface area contributed by atoms with Crippen LogP contribution in [0.3, 0.4) is 0 Å². The zero-order chi connectivity index (χ0) is 20.6. The maximum Gasteiger partial charge on any atom is 0.431 e. The second-order valence-electron chi connectivity index (χ2n) is 6.08. The van der Waals surface area contributed by atoms with Gasteiger partial charge in [0.05, 0.1) is 11.6 Å². The largest absolute Gasteiger partial charge is 0.431 e. The molecule has 1 aromatic heterocycles. The molecule has 0 spiro atoms. The van der Waals surface area contributed by atoms with Crippen LogP contribution < -0.4 is 11.2 Å². The monoisotopic (exact) mass is 428 g/mol. The Morgan fingerprint density at radius 1 is 1.00 bits per heavy atom. The minimum absolute atomic E-state index is 0.275. The van der Waals surface area contributed by atoms with Crippen molar-refractivity contribution in [3.05, 3.63) is 90.7 Å². The van der Waals surface area contributed by atoms with Gasteiger partial charge in [-0.1, -0.05) is 53.5 Å². The van der Waals surface area contributed by atoms with Crippen LogP contribution in [0.2, 0.25) is 10.0 Å². The molecule has 0 atom stereocenters. The number of rotatable bonds is 3. The van der Waals surface area contributed by atoms with E-state index in [1.165, 1.54) is 12.1 Å². The van der Waals surface area contributed by atoms with Crippen molar-refractivity contribution in [2.75, 3.05) is 0 Å². The van der Waals surface area contributed by atoms with E-state index in [0.717, 1.165) is 12.6 Å². The molecule has 0 aliphatic carbocycles. The van der Waals surface area contributed by atoms with E-state index in [1.807, 2.05) is 6.07 Å². The molecule has 2 aromatic carbocycles. The zero-order valence-electron chi connectivity index (χ0n) is 14.4. The maximum atomic E-state index is 13.0. The molecule has 0 saturated heterocycles. The van der Waals surface area contributed by atoms with Crippen molar-refractivity contribution >= 4 is 23.2 Å². The Balaban J connectivity index is 2.20. The number of alkyl halides is 3. The predicted molar refractivity (Wildman–Crippen MR) is 102 cm³/mol. The summed E-state index contributed by atoms with van der Waals surface area (Å²) in [5.74, 6) is 0. The van der Waals surface area contributed by atoms with Gasteiger partial charge in [0.15, 0.2) is 0 Å². The summed E-state index contributed by atoms with van der Waals surface area (Å²) in [7, 11) is 0.962. The van der Waals surface area contributed by atoms with Crippen LogP contribution in [0.5, 0.6) is 0 Å². The minimum Gasteiger partial charge on any atom is -0.292 e. The highest BCUT2D eigenvalue weighted by molar-refractivity contribution is 6.36. The average molecular weight is 429 g/mol. The molecule has 9 heteroatoms. The van der Waals surface area contributed by atoms with Crippen LogP contribution in [-0.4, -0.2) is 9.13 Å². The summed E-state index contributed by atoms with van der Waals surface area (Å²) in [6, 6.07) is 12.4. The number of nitrogens with zero attached hydrogens (tertiary/aromatic N) is 2. The zero-order valence-corrected chi connectivity index (χ0v) is 15.9. The van der Waals surface area contributed by atoms with Gasteiger partial charge in [0.2, 0.25) is 0 Å². The normalized spacial score (nSPS) is 11.6. The van der Waals surface area contributed by atoms with Crippen molar-refractivity contribution in [1.29, 1.82) is 0 Å². The van der Waals surface area contributed by atoms with Crippen LogP contribution in [0.1, 0.15) is 11.3 Å². The molecule has 0 fully saturated rings. The predicted octanol–water partition coefficient (Wildman–Crippen LogP) is 4.59. The Kier molecular flexibility index (Phi) is 5.41. The highest BCUT2D eigenvalue weighted by atomic mass is 35.5. The molecule has 0 unspecified atom stereocenters. The van der Waals surface area contributed by atoms with E-state index < -0.39 is 23.1 Å². The van der Waals surface area contributed by atoms with Gasteiger partial charge in [-0.25, -0.2) is 4.79 Å². The van der Waals surface area contributed by atoms with Crippen LogP contribution >= 0.6 is 23.2 Å². The van der Waals surface area contributed by atoms with Crippen LogP contribution in [0.15, 0.2) is 58.1 Å². The Bertz CT molecular complexity index is 1150. The van der Waals surface area contributed by atoms with Crippen molar-refractivity contribution in [3.8, 4) is 11.1 Å². The van der Waals surface area contributed by atoms with Gasteiger partial charge in [0, 0.05) is 23.7 Å². The number of hydrogen-bond acceptors (Lipinski definition) is 2. The lowest BCUT2D eigenvalue weighted by molar-refractivity contribution is -0.144. The topological polar surface area (TPSA) is 44.0 Å². The molecule has 0 amide bonds. The fourth-order valence-corrected chi connectivity index (χ4v) is 3.58. The summed E-state index contributed by atoms with van der Waals surface area (Å²) in [6.07, 6.45) is -4.82. The molecular formula is C19H13Cl2F3N2O2. The third kappa shape index (κ3) is 3.86. The highest BCUT2D eigenvalue weighted by Gasteiger charge is 2.35. The number of hydrogen-bond donors (Lipinski definition) is 0. The van der Waals surface area contributed by atoms with Gasteiger partial charge in [0.25, 0.3) is 5.56 Å². The third-order valence-electron chi connectivity index (χ3n) is 4.22. The molecular weight excluding hydrogens is 416 g/mol. The lowest BCUT2D eigenvalue weighted by Crippen LogP contribution is -2.41. The van der Waals surface area contributed by atoms with Gasteiger partial charge >= 0.3 is 11.9 Å². The summed E-state index contributed by atoms with van der Waals surface area (Å²) in [5, 5.41) is 0.571. The first-order valence-electron chi connectivity index (χ1n) is 8.01. The highest BCUT2D eigenvalue weighted by Crippen LogP contribution is 2.34. The summed E-state index contributed by atoms with van der Waals surface area (Å²) >= 11 is 12.4. The summed E-state index contributed by atoms with van der Waals surface area (Å²) in [6.45, 7) is -0.284. The van der Waals surface area contributed by atoms with E-state index in [9.17, 15) is 22.8 Å². The summed E-state index contributed by atoms with van der Waals surface area (Å²) < 4.78 is 40.2. The van der Waals surface area contributed by atoms with E-state index >= 15 is 0 Å². The first-order valence-corrected chi connectivity index (χ1v) is 8.76. The second kappa shape index (κ2) is 7.48. The van der Waals surface area contributed by atoms with Crippen molar-refractivity contribution in [2.45, 2.75) is 12.7 Å². The molecule has 0 N–H and O–H groups in total. The number of aromatic nitrogens is 2. The van der Waals surface area contributed by atoms with Gasteiger partial charge in [-0.2, -0.15) is 13.2 Å². The number of benzene rings is 2. The molecule has 28 heavy (non-hydrogen) atoms. The lowest BCUT2D eigenvalue weighted by Gasteiger charge is -2.16. The van der Waals surface area contributed by atoms with Crippen LogP contribution in [-0.2, 0) is 19.8 Å². The molecule has 0 aliphatic heterocycles. The van der Waals surface area contributed by atoms with E-state index in [2.05, 4.69) is 0 Å². The second-order valence-corrected chi connectivity index (χ2v) is 6.92. The van der Waals surface area contributed by atoms with Crippen molar-refractivity contribution < 1.29 is 13.2 Å². The SMILES string of the molecule is Cn1c(C(F)(F)F)cc(=O)n(Cc2cc(Cl)cc(Cl)c2-c2ccccc2)c1=O. The molecule has 4 nitrogen and oxygen atoms in total. The molecule has 146 valence electrons. The van der Waals surface area contributed by atoms with Crippen molar-refractivity contribution in [3.63, 3.8) is 0 Å². The fourth-order valence-electron chi connectivity index (χ4n) is 2.94. The van der Waals surface area contributed by atoms with Gasteiger partial charge in [-0.05, 0) is 23.3 Å². The Morgan fingerprint density at radius 2 is 1.64 bits per heavy atom. The minimum atomic E-state index is -4.82. The van der Waals surface area contributed by atoms with Gasteiger partial charge in [0.1, 0.15) is 5.69 Å². The maximum absolute atomic E-state index is 13.0. The van der Waals surface area contributed by atoms with Crippen LogP contribution in [0.4, 0.5) is 13.2 Å². The van der Waals surface area contributed by atoms with E-state index in [1.54, 1.807) is 24.3 Å². The van der Waals surface area contributed by atoms with Crippen molar-refractivity contribution in [1.82, 2.24) is 9.13 Å². The molecule has 3 aromatic rings. The van der Waals surface area contributed by atoms with E-state index in [-0.39, 0.29) is 11.6 Å². The van der Waals surface area contributed by atoms with Crippen molar-refractivity contribution in [2.24, 2.45) is 7.05 Å². The Labute approximate surface area is 167 Å². The van der Waals surface area contributed by atoms with Gasteiger partial charge < -0.3 is 0 Å². The smallest absolute Gasteiger partial charge is 0.292 e. The molecule has 3 rings (SSSR count). The van der Waals surface area contributed by atoms with Gasteiger partial charge in [-0.3, -0.25) is 13.9 Å². The lowest BCUT2D eigenvalue weighted by atomic mass is 9.99. The summed E-state index contributed by atoms with van der Waals surface area (Å²) in [4.78, 5) is 24.7. The van der Waals surface area contributed by atoms with E-state index in [4.69, 9.17) is 23.2 Å².